The lowest BCUT2D eigenvalue weighted by Gasteiger charge is -2.24. The first-order valence-electron chi connectivity index (χ1n) is 8.20. The number of aromatic nitrogens is 1. The second kappa shape index (κ2) is 8.31. The maximum absolute atomic E-state index is 13.8. The molecule has 1 heterocycles. The molecular weight excluding hydrogens is 407 g/mol. The number of halogens is 3. The third kappa shape index (κ3) is 4.72. The van der Waals surface area contributed by atoms with Gasteiger partial charge in [0.1, 0.15) is 28.9 Å². The highest BCUT2D eigenvalue weighted by Crippen LogP contribution is 2.24. The number of nitrogens with zero attached hydrogens (tertiary/aromatic N) is 2. The first-order chi connectivity index (χ1) is 13.8. The van der Waals surface area contributed by atoms with Gasteiger partial charge in [-0.2, -0.15) is 0 Å². The van der Waals surface area contributed by atoms with Gasteiger partial charge in [0.05, 0.1) is 11.4 Å². The van der Waals surface area contributed by atoms with Crippen LogP contribution in [0.2, 0.25) is 0 Å². The molecule has 3 aromatic rings. The van der Waals surface area contributed by atoms with Gasteiger partial charge in [-0.1, -0.05) is 0 Å². The predicted molar refractivity (Wildman–Crippen MR) is 100 cm³/mol. The van der Waals surface area contributed by atoms with Crippen LogP contribution in [-0.2, 0) is 14.8 Å². The van der Waals surface area contributed by atoms with Crippen LogP contribution < -0.4 is 9.62 Å². The van der Waals surface area contributed by atoms with Gasteiger partial charge in [-0.15, -0.1) is 0 Å². The normalized spacial score (nSPS) is 11.1. The number of hydrogen-bond acceptors (Lipinski definition) is 4. The van der Waals surface area contributed by atoms with Crippen LogP contribution >= 0.6 is 0 Å². The molecule has 150 valence electrons. The lowest BCUT2D eigenvalue weighted by Crippen LogP contribution is -2.38. The molecule has 6 nitrogen and oxygen atoms in total. The Kier molecular flexibility index (Phi) is 5.83. The van der Waals surface area contributed by atoms with Gasteiger partial charge in [0.25, 0.3) is 10.0 Å². The van der Waals surface area contributed by atoms with E-state index in [2.05, 4.69) is 10.3 Å². The van der Waals surface area contributed by atoms with E-state index in [1.165, 1.54) is 30.5 Å². The highest BCUT2D eigenvalue weighted by atomic mass is 32.2. The molecule has 0 aliphatic heterocycles. The Hall–Kier alpha value is -3.40. The van der Waals surface area contributed by atoms with E-state index in [4.69, 9.17) is 0 Å². The molecule has 0 saturated heterocycles. The van der Waals surface area contributed by atoms with Crippen molar-refractivity contribution in [3.63, 3.8) is 0 Å². The van der Waals surface area contributed by atoms with Gasteiger partial charge >= 0.3 is 0 Å². The number of sulfonamides is 1. The molecule has 0 aliphatic rings. The Morgan fingerprint density at radius 1 is 1.00 bits per heavy atom. The smallest absolute Gasteiger partial charge is 0.266 e. The number of anilines is 2. The second-order valence-corrected chi connectivity index (χ2v) is 7.71. The molecule has 0 saturated carbocycles. The molecule has 29 heavy (non-hydrogen) atoms. The number of benzene rings is 2. The minimum absolute atomic E-state index is 0.0185. The van der Waals surface area contributed by atoms with Crippen molar-refractivity contribution in [2.45, 2.75) is 4.90 Å². The fraction of sp³-hybridized carbons (Fsp3) is 0.0526. The Morgan fingerprint density at radius 2 is 1.69 bits per heavy atom. The van der Waals surface area contributed by atoms with Crippen LogP contribution in [0.25, 0.3) is 0 Å². The Labute approximate surface area is 164 Å². The second-order valence-electron chi connectivity index (χ2n) is 5.85. The minimum Gasteiger partial charge on any atom is -0.322 e. The minimum atomic E-state index is -4.24. The number of hydrogen-bond donors (Lipinski definition) is 1. The fourth-order valence-corrected chi connectivity index (χ4v) is 3.85. The van der Waals surface area contributed by atoms with Gasteiger partial charge < -0.3 is 5.32 Å². The molecule has 0 aliphatic carbocycles. The fourth-order valence-electron chi connectivity index (χ4n) is 2.46. The van der Waals surface area contributed by atoms with Crippen LogP contribution in [0.3, 0.4) is 0 Å². The van der Waals surface area contributed by atoms with Gasteiger partial charge in [-0.05, 0) is 48.5 Å². The first-order valence-corrected chi connectivity index (χ1v) is 9.64. The monoisotopic (exact) mass is 421 g/mol. The molecule has 0 radical (unpaired) electrons. The Bertz CT molecular complexity index is 1120. The highest BCUT2D eigenvalue weighted by Gasteiger charge is 2.27. The van der Waals surface area contributed by atoms with Crippen LogP contribution in [0, 0.1) is 17.5 Å². The number of rotatable bonds is 6. The Morgan fingerprint density at radius 3 is 2.31 bits per heavy atom. The topological polar surface area (TPSA) is 79.4 Å². The van der Waals surface area contributed by atoms with Gasteiger partial charge in [-0.25, -0.2) is 21.6 Å². The molecule has 10 heteroatoms. The van der Waals surface area contributed by atoms with Gasteiger partial charge in [-0.3, -0.25) is 14.1 Å². The molecule has 1 aromatic heterocycles. The van der Waals surface area contributed by atoms with E-state index in [1.54, 1.807) is 0 Å². The summed E-state index contributed by atoms with van der Waals surface area (Å²) < 4.78 is 66.8. The van der Waals surface area contributed by atoms with Crippen LogP contribution in [0.1, 0.15) is 0 Å². The van der Waals surface area contributed by atoms with Crippen molar-refractivity contribution in [1.82, 2.24) is 4.98 Å². The predicted octanol–water partition coefficient (Wildman–Crippen LogP) is 3.33. The molecular formula is C19H14F3N3O3S. The zero-order chi connectivity index (χ0) is 21.0. The summed E-state index contributed by atoms with van der Waals surface area (Å²) in [5, 5.41) is 2.20. The van der Waals surface area contributed by atoms with Crippen molar-refractivity contribution in [2.75, 3.05) is 16.2 Å². The number of carbonyl (C=O) groups is 1. The molecule has 2 aromatic carbocycles. The summed E-state index contributed by atoms with van der Waals surface area (Å²) in [6.07, 6.45) is 2.48. The Balaban J connectivity index is 1.93. The van der Waals surface area contributed by atoms with Crippen molar-refractivity contribution >= 4 is 27.3 Å². The molecule has 0 atom stereocenters. The van der Waals surface area contributed by atoms with Crippen LogP contribution in [0.15, 0.2) is 71.9 Å². The molecule has 3 rings (SSSR count). The molecule has 0 fully saturated rings. The van der Waals surface area contributed by atoms with Crippen molar-refractivity contribution in [1.29, 1.82) is 0 Å². The number of nitrogens with one attached hydrogen (secondary N) is 1. The largest absolute Gasteiger partial charge is 0.322 e. The lowest BCUT2D eigenvalue weighted by molar-refractivity contribution is -0.114. The molecule has 1 amide bonds. The summed E-state index contributed by atoms with van der Waals surface area (Å²) in [5.74, 6) is -3.31. The summed E-state index contributed by atoms with van der Waals surface area (Å²) >= 11 is 0. The first kappa shape index (κ1) is 20.3. The SMILES string of the molecule is O=C(CN(c1ccc(F)cc1)S(=O)(=O)c1cccnc1)Nc1ccc(F)cc1F. The third-order valence-electron chi connectivity index (χ3n) is 3.83. The molecule has 1 N–H and O–H groups in total. The van der Waals surface area contributed by atoms with Crippen LogP contribution in [-0.4, -0.2) is 25.9 Å². The summed E-state index contributed by atoms with van der Waals surface area (Å²) in [4.78, 5) is 16.0. The zero-order valence-corrected chi connectivity index (χ0v) is 15.5. The van der Waals surface area contributed by atoms with E-state index in [1.807, 2.05) is 0 Å². The highest BCUT2D eigenvalue weighted by molar-refractivity contribution is 7.92. The van der Waals surface area contributed by atoms with Crippen molar-refractivity contribution in [3.8, 4) is 0 Å². The van der Waals surface area contributed by atoms with Crippen molar-refractivity contribution in [2.24, 2.45) is 0 Å². The third-order valence-corrected chi connectivity index (χ3v) is 5.59. The van der Waals surface area contributed by atoms with Crippen LogP contribution in [0.5, 0.6) is 0 Å². The van der Waals surface area contributed by atoms with E-state index >= 15 is 0 Å². The number of pyridine rings is 1. The van der Waals surface area contributed by atoms with Gasteiger partial charge in [0.2, 0.25) is 5.91 Å². The summed E-state index contributed by atoms with van der Waals surface area (Å²) in [6.45, 7) is -0.736. The number of amides is 1. The van der Waals surface area contributed by atoms with E-state index < -0.39 is 39.9 Å². The summed E-state index contributed by atoms with van der Waals surface area (Å²) in [6, 6.07) is 9.70. The van der Waals surface area contributed by atoms with Gasteiger partial charge in [0, 0.05) is 18.5 Å². The van der Waals surface area contributed by atoms with E-state index in [0.29, 0.717) is 6.07 Å². The summed E-state index contributed by atoms with van der Waals surface area (Å²) in [7, 11) is -4.24. The number of carbonyl (C=O) groups excluding carboxylic acids is 1. The van der Waals surface area contributed by atoms with E-state index in [-0.39, 0.29) is 16.3 Å². The quantitative estimate of drug-likeness (QED) is 0.662. The van der Waals surface area contributed by atoms with Crippen molar-refractivity contribution < 1.29 is 26.4 Å². The molecule has 0 bridgehead atoms. The summed E-state index contributed by atoms with van der Waals surface area (Å²) in [5.41, 5.74) is -0.292. The lowest BCUT2D eigenvalue weighted by atomic mass is 10.3. The van der Waals surface area contributed by atoms with Crippen molar-refractivity contribution in [3.05, 3.63) is 84.4 Å². The molecule has 0 unspecified atom stereocenters. The standard InChI is InChI=1S/C19H14F3N3O3S/c20-13-3-6-15(7-4-13)25(29(27,28)16-2-1-9-23-11-16)12-19(26)24-18-8-5-14(21)10-17(18)22/h1-11H,12H2,(H,24,26). The maximum atomic E-state index is 13.8. The molecule has 0 spiro atoms. The van der Waals surface area contributed by atoms with Gasteiger partial charge in [0.15, 0.2) is 0 Å². The average molecular weight is 421 g/mol. The average Bonchev–Trinajstić information content (AvgIpc) is 2.70. The zero-order valence-electron chi connectivity index (χ0n) is 14.7. The maximum Gasteiger partial charge on any atom is 0.266 e. The van der Waals surface area contributed by atoms with E-state index in [0.717, 1.165) is 34.8 Å². The van der Waals surface area contributed by atoms with E-state index in [9.17, 15) is 26.4 Å². The van der Waals surface area contributed by atoms with Crippen LogP contribution in [0.4, 0.5) is 24.5 Å².